The molecule has 1 aliphatic carbocycles. The SMILES string of the molecule is C[C@@H](Sc1ccc(F)cc1)C(=O)Nc1sc2c(c1C(N)=O)CCC2. The highest BCUT2D eigenvalue weighted by molar-refractivity contribution is 8.00. The van der Waals surface area contributed by atoms with Gasteiger partial charge in [0.25, 0.3) is 5.91 Å². The number of carbonyl (C=O) groups excluding carboxylic acids is 2. The van der Waals surface area contributed by atoms with Gasteiger partial charge in [-0.25, -0.2) is 4.39 Å². The number of amides is 2. The molecule has 3 rings (SSSR count). The number of hydrogen-bond donors (Lipinski definition) is 2. The number of benzene rings is 1. The normalized spacial score (nSPS) is 14.2. The molecule has 0 bridgehead atoms. The van der Waals surface area contributed by atoms with Crippen LogP contribution in [0, 0.1) is 5.82 Å². The molecular weight excluding hydrogens is 347 g/mol. The van der Waals surface area contributed by atoms with Crippen molar-refractivity contribution in [2.75, 3.05) is 5.32 Å². The zero-order valence-electron chi connectivity index (χ0n) is 13.1. The third-order valence-corrected chi connectivity index (χ3v) is 6.22. The molecule has 1 atom stereocenters. The number of carbonyl (C=O) groups is 2. The van der Waals surface area contributed by atoms with Crippen LogP contribution in [0.15, 0.2) is 29.2 Å². The average molecular weight is 364 g/mol. The number of nitrogens with two attached hydrogens (primary N) is 1. The van der Waals surface area contributed by atoms with E-state index in [-0.39, 0.29) is 17.0 Å². The van der Waals surface area contributed by atoms with Gasteiger partial charge in [0.15, 0.2) is 0 Å². The quantitative estimate of drug-likeness (QED) is 0.797. The molecule has 0 unspecified atom stereocenters. The standard InChI is InChI=1S/C17H17FN2O2S2/c1-9(23-11-7-5-10(18)6-8-11)16(22)20-17-14(15(19)21)12-3-2-4-13(12)24-17/h5-9H,2-4H2,1H3,(H2,19,21)(H,20,22)/t9-/m1/s1. The molecule has 24 heavy (non-hydrogen) atoms. The number of anilines is 1. The number of nitrogens with one attached hydrogen (secondary N) is 1. The lowest BCUT2D eigenvalue weighted by atomic mass is 10.1. The Labute approximate surface area is 147 Å². The van der Waals surface area contributed by atoms with E-state index in [1.165, 1.54) is 35.2 Å². The van der Waals surface area contributed by atoms with Crippen LogP contribution >= 0.6 is 23.1 Å². The van der Waals surface area contributed by atoms with Gasteiger partial charge in [0.05, 0.1) is 10.8 Å². The molecule has 1 aromatic heterocycles. The maximum absolute atomic E-state index is 12.9. The largest absolute Gasteiger partial charge is 0.365 e. The smallest absolute Gasteiger partial charge is 0.251 e. The third kappa shape index (κ3) is 3.47. The number of thioether (sulfide) groups is 1. The molecule has 1 aromatic carbocycles. The molecule has 0 saturated carbocycles. The summed E-state index contributed by atoms with van der Waals surface area (Å²) in [7, 11) is 0. The fourth-order valence-electron chi connectivity index (χ4n) is 2.74. The van der Waals surface area contributed by atoms with E-state index in [2.05, 4.69) is 5.32 Å². The van der Waals surface area contributed by atoms with Gasteiger partial charge < -0.3 is 11.1 Å². The maximum Gasteiger partial charge on any atom is 0.251 e. The fourth-order valence-corrected chi connectivity index (χ4v) is 4.90. The molecule has 4 nitrogen and oxygen atoms in total. The Morgan fingerprint density at radius 1 is 1.29 bits per heavy atom. The molecule has 2 amide bonds. The number of halogens is 1. The zero-order chi connectivity index (χ0) is 17.3. The topological polar surface area (TPSA) is 72.2 Å². The second-order valence-electron chi connectivity index (χ2n) is 5.63. The second kappa shape index (κ2) is 6.94. The van der Waals surface area contributed by atoms with E-state index in [1.54, 1.807) is 19.1 Å². The van der Waals surface area contributed by atoms with Gasteiger partial charge >= 0.3 is 0 Å². The average Bonchev–Trinajstić information content (AvgIpc) is 3.09. The van der Waals surface area contributed by atoms with E-state index < -0.39 is 5.91 Å². The van der Waals surface area contributed by atoms with Gasteiger partial charge in [0, 0.05) is 9.77 Å². The molecule has 126 valence electrons. The summed E-state index contributed by atoms with van der Waals surface area (Å²) in [6.07, 6.45) is 2.78. The summed E-state index contributed by atoms with van der Waals surface area (Å²) < 4.78 is 12.9. The van der Waals surface area contributed by atoms with Crippen molar-refractivity contribution in [3.63, 3.8) is 0 Å². The molecule has 2 aromatic rings. The van der Waals surface area contributed by atoms with E-state index in [0.717, 1.165) is 34.6 Å². The number of hydrogen-bond acceptors (Lipinski definition) is 4. The summed E-state index contributed by atoms with van der Waals surface area (Å²) >= 11 is 2.77. The lowest BCUT2D eigenvalue weighted by molar-refractivity contribution is -0.115. The lowest BCUT2D eigenvalue weighted by Crippen LogP contribution is -2.24. The lowest BCUT2D eigenvalue weighted by Gasteiger charge is -2.12. The third-order valence-electron chi connectivity index (χ3n) is 3.90. The first-order valence-electron chi connectivity index (χ1n) is 7.63. The highest BCUT2D eigenvalue weighted by atomic mass is 32.2. The highest BCUT2D eigenvalue weighted by Crippen LogP contribution is 2.39. The summed E-state index contributed by atoms with van der Waals surface area (Å²) in [6, 6.07) is 6.00. The van der Waals surface area contributed by atoms with Crippen molar-refractivity contribution in [2.24, 2.45) is 5.73 Å². The summed E-state index contributed by atoms with van der Waals surface area (Å²) in [6.45, 7) is 1.77. The van der Waals surface area contributed by atoms with Gasteiger partial charge in [-0.1, -0.05) is 0 Å². The molecule has 7 heteroatoms. The second-order valence-corrected chi connectivity index (χ2v) is 8.15. The number of fused-ring (bicyclic) bond motifs is 1. The van der Waals surface area contributed by atoms with Crippen molar-refractivity contribution in [3.8, 4) is 0 Å². The highest BCUT2D eigenvalue weighted by Gasteiger charge is 2.27. The zero-order valence-corrected chi connectivity index (χ0v) is 14.7. The van der Waals surface area contributed by atoms with Crippen molar-refractivity contribution in [3.05, 3.63) is 46.1 Å². The van der Waals surface area contributed by atoms with Crippen LogP contribution in [0.4, 0.5) is 9.39 Å². The first kappa shape index (κ1) is 17.0. The minimum Gasteiger partial charge on any atom is -0.365 e. The Hall–Kier alpha value is -1.86. The summed E-state index contributed by atoms with van der Waals surface area (Å²) in [5.41, 5.74) is 6.94. The van der Waals surface area contributed by atoms with Gasteiger partial charge in [0.1, 0.15) is 10.8 Å². The van der Waals surface area contributed by atoms with E-state index >= 15 is 0 Å². The molecule has 0 spiro atoms. The Morgan fingerprint density at radius 2 is 2.00 bits per heavy atom. The van der Waals surface area contributed by atoms with Gasteiger partial charge in [-0.15, -0.1) is 23.1 Å². The van der Waals surface area contributed by atoms with Crippen LogP contribution in [0.25, 0.3) is 0 Å². The van der Waals surface area contributed by atoms with Crippen molar-refractivity contribution in [1.82, 2.24) is 0 Å². The minimum absolute atomic E-state index is 0.202. The monoisotopic (exact) mass is 364 g/mol. The molecule has 0 saturated heterocycles. The fraction of sp³-hybridized carbons (Fsp3) is 0.294. The van der Waals surface area contributed by atoms with E-state index in [9.17, 15) is 14.0 Å². The molecule has 3 N–H and O–H groups in total. The van der Waals surface area contributed by atoms with Crippen LogP contribution in [0.2, 0.25) is 0 Å². The molecule has 0 aliphatic heterocycles. The minimum atomic E-state index is -0.497. The van der Waals surface area contributed by atoms with Crippen LogP contribution in [0.3, 0.4) is 0 Å². The molecular formula is C17H17FN2O2S2. The predicted molar refractivity (Wildman–Crippen MR) is 95.2 cm³/mol. The summed E-state index contributed by atoms with van der Waals surface area (Å²) in [5, 5.41) is 3.00. The number of rotatable bonds is 5. The van der Waals surface area contributed by atoms with E-state index in [1.807, 2.05) is 0 Å². The van der Waals surface area contributed by atoms with Crippen LogP contribution in [-0.4, -0.2) is 17.1 Å². The molecule has 1 heterocycles. The van der Waals surface area contributed by atoms with Crippen molar-refractivity contribution >= 4 is 39.9 Å². The van der Waals surface area contributed by atoms with Crippen LogP contribution in [0.1, 0.15) is 34.1 Å². The Bertz CT molecular complexity index is 787. The molecule has 0 fully saturated rings. The van der Waals surface area contributed by atoms with Crippen LogP contribution in [-0.2, 0) is 17.6 Å². The van der Waals surface area contributed by atoms with Gasteiger partial charge in [-0.2, -0.15) is 0 Å². The van der Waals surface area contributed by atoms with Crippen molar-refractivity contribution < 1.29 is 14.0 Å². The maximum atomic E-state index is 12.9. The number of thiophene rings is 1. The summed E-state index contributed by atoms with van der Waals surface area (Å²) in [5.74, 6) is -1.01. The predicted octanol–water partition coefficient (Wildman–Crippen LogP) is 3.59. The number of aryl methyl sites for hydroxylation is 1. The van der Waals surface area contributed by atoms with Crippen molar-refractivity contribution in [1.29, 1.82) is 0 Å². The molecule has 1 aliphatic rings. The van der Waals surface area contributed by atoms with Crippen molar-refractivity contribution in [2.45, 2.75) is 36.3 Å². The number of primary amides is 1. The summed E-state index contributed by atoms with van der Waals surface area (Å²) in [4.78, 5) is 26.1. The first-order valence-corrected chi connectivity index (χ1v) is 9.32. The Balaban J connectivity index is 1.72. The Kier molecular flexibility index (Phi) is 4.91. The van der Waals surface area contributed by atoms with Crippen LogP contribution in [0.5, 0.6) is 0 Å². The van der Waals surface area contributed by atoms with Gasteiger partial charge in [-0.05, 0) is 56.0 Å². The van der Waals surface area contributed by atoms with Gasteiger partial charge in [0.2, 0.25) is 5.91 Å². The first-order chi connectivity index (χ1) is 11.5. The van der Waals surface area contributed by atoms with E-state index in [0.29, 0.717) is 10.6 Å². The molecule has 0 radical (unpaired) electrons. The Morgan fingerprint density at radius 3 is 2.67 bits per heavy atom. The van der Waals surface area contributed by atoms with Crippen LogP contribution < -0.4 is 11.1 Å². The van der Waals surface area contributed by atoms with Gasteiger partial charge in [-0.3, -0.25) is 9.59 Å². The van der Waals surface area contributed by atoms with E-state index in [4.69, 9.17) is 5.73 Å².